The molecular formula is C11H22ClNO4. The smallest absolute Gasteiger partial charge is 0.407 e. The molecule has 0 aliphatic carbocycles. The number of carbonyl (C=O) groups excluding carboxylic acids is 1. The maximum Gasteiger partial charge on any atom is 0.407 e. The SMILES string of the molecule is CC(C)(C)OC(=O)N[C@@H]1CC[C@@H](CO)OC1.Cl. The zero-order valence-electron chi connectivity index (χ0n) is 10.6. The lowest BCUT2D eigenvalue weighted by Crippen LogP contribution is -2.45. The van der Waals surface area contributed by atoms with Gasteiger partial charge < -0.3 is 19.9 Å². The van der Waals surface area contributed by atoms with E-state index in [4.69, 9.17) is 14.6 Å². The standard InChI is InChI=1S/C11H21NO4.ClH/c1-11(2,3)16-10(14)12-8-4-5-9(6-13)15-7-8;/h8-9,13H,4-7H2,1-3H3,(H,12,14);1H/t8-,9+;/m1./s1. The molecule has 1 saturated heterocycles. The Kier molecular flexibility index (Phi) is 6.82. The normalized spacial score (nSPS) is 24.7. The number of ether oxygens (including phenoxy) is 2. The van der Waals surface area contributed by atoms with Gasteiger partial charge in [0, 0.05) is 0 Å². The quantitative estimate of drug-likeness (QED) is 0.795. The predicted molar refractivity (Wildman–Crippen MR) is 66.5 cm³/mol. The van der Waals surface area contributed by atoms with Crippen LogP contribution in [-0.2, 0) is 9.47 Å². The largest absolute Gasteiger partial charge is 0.444 e. The Morgan fingerprint density at radius 3 is 2.53 bits per heavy atom. The van der Waals surface area contributed by atoms with Gasteiger partial charge in [0.1, 0.15) is 5.60 Å². The lowest BCUT2D eigenvalue weighted by molar-refractivity contribution is -0.0336. The molecule has 0 aromatic heterocycles. The van der Waals surface area contributed by atoms with Gasteiger partial charge >= 0.3 is 6.09 Å². The fourth-order valence-corrected chi connectivity index (χ4v) is 1.54. The van der Waals surface area contributed by atoms with Crippen LogP contribution in [0, 0.1) is 0 Å². The van der Waals surface area contributed by atoms with Crippen molar-refractivity contribution in [1.82, 2.24) is 5.32 Å². The second-order valence-corrected chi connectivity index (χ2v) is 5.06. The van der Waals surface area contributed by atoms with E-state index in [9.17, 15) is 4.79 Å². The van der Waals surface area contributed by atoms with Gasteiger partial charge in [0.15, 0.2) is 0 Å². The third-order valence-corrected chi connectivity index (χ3v) is 2.29. The van der Waals surface area contributed by atoms with Gasteiger partial charge in [-0.15, -0.1) is 12.4 Å². The number of amides is 1. The zero-order chi connectivity index (χ0) is 12.2. The van der Waals surface area contributed by atoms with E-state index < -0.39 is 11.7 Å². The van der Waals surface area contributed by atoms with Crippen molar-refractivity contribution in [3.8, 4) is 0 Å². The van der Waals surface area contributed by atoms with Crippen LogP contribution in [0.2, 0.25) is 0 Å². The van der Waals surface area contributed by atoms with E-state index in [1.165, 1.54) is 0 Å². The maximum atomic E-state index is 11.4. The molecule has 1 aliphatic heterocycles. The molecule has 6 heteroatoms. The van der Waals surface area contributed by atoms with Crippen molar-refractivity contribution in [2.45, 2.75) is 51.4 Å². The minimum Gasteiger partial charge on any atom is -0.444 e. The number of alkyl carbamates (subject to hydrolysis) is 1. The van der Waals surface area contributed by atoms with Gasteiger partial charge in [0.05, 0.1) is 25.4 Å². The predicted octanol–water partition coefficient (Wildman–Crippen LogP) is 1.47. The highest BCUT2D eigenvalue weighted by Crippen LogP contribution is 2.14. The minimum atomic E-state index is -0.479. The van der Waals surface area contributed by atoms with Crippen molar-refractivity contribution in [3.63, 3.8) is 0 Å². The van der Waals surface area contributed by atoms with E-state index >= 15 is 0 Å². The van der Waals surface area contributed by atoms with Crippen LogP contribution in [0.3, 0.4) is 0 Å². The van der Waals surface area contributed by atoms with Crippen molar-refractivity contribution in [2.24, 2.45) is 0 Å². The summed E-state index contributed by atoms with van der Waals surface area (Å²) in [5.74, 6) is 0. The Bertz CT molecular complexity index is 234. The Morgan fingerprint density at radius 2 is 2.12 bits per heavy atom. The summed E-state index contributed by atoms with van der Waals surface area (Å²) in [6, 6.07) is -0.0161. The van der Waals surface area contributed by atoms with E-state index in [1.54, 1.807) is 0 Å². The molecule has 0 saturated carbocycles. The Labute approximate surface area is 108 Å². The fourth-order valence-electron chi connectivity index (χ4n) is 1.54. The van der Waals surface area contributed by atoms with E-state index in [-0.39, 0.29) is 31.2 Å². The second-order valence-electron chi connectivity index (χ2n) is 5.06. The number of hydrogen-bond donors (Lipinski definition) is 2. The summed E-state index contributed by atoms with van der Waals surface area (Å²) in [4.78, 5) is 11.4. The van der Waals surface area contributed by atoms with E-state index in [0.717, 1.165) is 12.8 Å². The molecule has 0 unspecified atom stereocenters. The summed E-state index contributed by atoms with van der Waals surface area (Å²) >= 11 is 0. The van der Waals surface area contributed by atoms with Gasteiger partial charge in [-0.05, 0) is 33.6 Å². The lowest BCUT2D eigenvalue weighted by atomic mass is 10.1. The fraction of sp³-hybridized carbons (Fsp3) is 0.909. The average molecular weight is 268 g/mol. The number of aliphatic hydroxyl groups excluding tert-OH is 1. The molecule has 5 nitrogen and oxygen atoms in total. The topological polar surface area (TPSA) is 67.8 Å². The molecule has 0 aromatic carbocycles. The number of nitrogens with one attached hydrogen (secondary N) is 1. The summed E-state index contributed by atoms with van der Waals surface area (Å²) in [5, 5.41) is 11.6. The minimum absolute atomic E-state index is 0. The van der Waals surface area contributed by atoms with Crippen molar-refractivity contribution in [3.05, 3.63) is 0 Å². The van der Waals surface area contributed by atoms with Crippen LogP contribution >= 0.6 is 12.4 Å². The molecule has 1 heterocycles. The molecule has 17 heavy (non-hydrogen) atoms. The van der Waals surface area contributed by atoms with Crippen LogP contribution in [-0.4, -0.2) is 42.2 Å². The van der Waals surface area contributed by atoms with Gasteiger partial charge in [0.2, 0.25) is 0 Å². The molecule has 0 radical (unpaired) electrons. The molecule has 1 fully saturated rings. The van der Waals surface area contributed by atoms with Gasteiger partial charge in [-0.2, -0.15) is 0 Å². The molecule has 2 N–H and O–H groups in total. The first-order chi connectivity index (χ1) is 7.40. The third kappa shape index (κ3) is 6.71. The third-order valence-electron chi connectivity index (χ3n) is 2.29. The van der Waals surface area contributed by atoms with Crippen LogP contribution in [0.1, 0.15) is 33.6 Å². The summed E-state index contributed by atoms with van der Waals surface area (Å²) < 4.78 is 10.5. The first-order valence-electron chi connectivity index (χ1n) is 5.62. The van der Waals surface area contributed by atoms with Gasteiger partial charge in [-0.25, -0.2) is 4.79 Å². The highest BCUT2D eigenvalue weighted by molar-refractivity contribution is 5.85. The number of halogens is 1. The molecular weight excluding hydrogens is 246 g/mol. The summed E-state index contributed by atoms with van der Waals surface area (Å²) in [6.07, 6.45) is 1.07. The highest BCUT2D eigenvalue weighted by Gasteiger charge is 2.24. The average Bonchev–Trinajstić information content (AvgIpc) is 2.16. The van der Waals surface area contributed by atoms with Crippen LogP contribution in [0.25, 0.3) is 0 Å². The van der Waals surface area contributed by atoms with E-state index in [2.05, 4.69) is 5.32 Å². The van der Waals surface area contributed by atoms with Gasteiger partial charge in [-0.1, -0.05) is 0 Å². The monoisotopic (exact) mass is 267 g/mol. The molecule has 1 amide bonds. The lowest BCUT2D eigenvalue weighted by Gasteiger charge is -2.29. The maximum absolute atomic E-state index is 11.4. The zero-order valence-corrected chi connectivity index (χ0v) is 11.4. The van der Waals surface area contributed by atoms with Crippen molar-refractivity contribution in [1.29, 1.82) is 0 Å². The van der Waals surface area contributed by atoms with Crippen LogP contribution < -0.4 is 5.32 Å². The summed E-state index contributed by atoms with van der Waals surface area (Å²) in [7, 11) is 0. The van der Waals surface area contributed by atoms with Crippen molar-refractivity contribution in [2.75, 3.05) is 13.2 Å². The Morgan fingerprint density at radius 1 is 1.47 bits per heavy atom. The number of rotatable bonds is 2. The van der Waals surface area contributed by atoms with Crippen LogP contribution in [0.5, 0.6) is 0 Å². The highest BCUT2D eigenvalue weighted by atomic mass is 35.5. The van der Waals surface area contributed by atoms with Gasteiger partial charge in [-0.3, -0.25) is 0 Å². The molecule has 0 aromatic rings. The first-order valence-corrected chi connectivity index (χ1v) is 5.62. The molecule has 1 aliphatic rings. The molecule has 102 valence electrons. The molecule has 2 atom stereocenters. The second kappa shape index (κ2) is 7.03. The Hall–Kier alpha value is -0.520. The summed E-state index contributed by atoms with van der Waals surface area (Å²) in [6.45, 7) is 5.95. The van der Waals surface area contributed by atoms with E-state index in [0.29, 0.717) is 6.61 Å². The first kappa shape index (κ1) is 16.5. The van der Waals surface area contributed by atoms with E-state index in [1.807, 2.05) is 20.8 Å². The Balaban J connectivity index is 0.00000256. The van der Waals surface area contributed by atoms with Crippen molar-refractivity contribution >= 4 is 18.5 Å². The number of carbonyl (C=O) groups is 1. The molecule has 1 rings (SSSR count). The number of hydrogen-bond acceptors (Lipinski definition) is 4. The summed E-state index contributed by atoms with van der Waals surface area (Å²) in [5.41, 5.74) is -0.479. The van der Waals surface area contributed by atoms with Crippen molar-refractivity contribution < 1.29 is 19.4 Å². The van der Waals surface area contributed by atoms with Crippen LogP contribution in [0.4, 0.5) is 4.79 Å². The molecule has 0 bridgehead atoms. The number of aliphatic hydroxyl groups is 1. The van der Waals surface area contributed by atoms with Crippen LogP contribution in [0.15, 0.2) is 0 Å². The van der Waals surface area contributed by atoms with Gasteiger partial charge in [0.25, 0.3) is 0 Å². The molecule has 0 spiro atoms.